The Morgan fingerprint density at radius 2 is 1.59 bits per heavy atom. The van der Waals surface area contributed by atoms with Gasteiger partial charge in [0.1, 0.15) is 12.1 Å². The fraction of sp³-hybridized carbons (Fsp3) is 0.300. The van der Waals surface area contributed by atoms with Crippen molar-refractivity contribution in [3.05, 3.63) is 95.0 Å². The monoisotopic (exact) mass is 599 g/mol. The highest BCUT2D eigenvalue weighted by molar-refractivity contribution is 7.92. The third kappa shape index (κ3) is 9.91. The number of carbonyl (C=O) groups is 3. The van der Waals surface area contributed by atoms with Crippen molar-refractivity contribution < 1.29 is 27.5 Å². The lowest BCUT2D eigenvalue weighted by Crippen LogP contribution is -2.39. The predicted molar refractivity (Wildman–Crippen MR) is 158 cm³/mol. The molecule has 0 spiro atoms. The molecule has 0 saturated carbocycles. The van der Waals surface area contributed by atoms with Crippen LogP contribution in [-0.2, 0) is 30.8 Å². The van der Waals surface area contributed by atoms with E-state index in [1.54, 1.807) is 32.9 Å². The second kappa shape index (κ2) is 14.1. The van der Waals surface area contributed by atoms with Crippen molar-refractivity contribution in [3.8, 4) is 0 Å². The van der Waals surface area contributed by atoms with E-state index in [1.165, 1.54) is 36.4 Å². The lowest BCUT2D eigenvalue weighted by molar-refractivity contribution is -0.152. The Hall–Kier alpha value is -3.89. The van der Waals surface area contributed by atoms with Gasteiger partial charge in [0.25, 0.3) is 15.9 Å². The molecule has 0 saturated heterocycles. The molecule has 0 aliphatic rings. The van der Waals surface area contributed by atoms with Crippen LogP contribution in [0.5, 0.6) is 0 Å². The van der Waals surface area contributed by atoms with Crippen LogP contribution in [0.4, 0.5) is 5.69 Å². The number of anilines is 1. The molecule has 11 heteroatoms. The molecule has 0 aromatic heterocycles. The Balaban J connectivity index is 1.67. The molecular weight excluding hydrogens is 566 g/mol. The van der Waals surface area contributed by atoms with Gasteiger partial charge in [0.2, 0.25) is 5.91 Å². The summed E-state index contributed by atoms with van der Waals surface area (Å²) in [6.45, 7) is 4.98. The highest BCUT2D eigenvalue weighted by Crippen LogP contribution is 2.27. The summed E-state index contributed by atoms with van der Waals surface area (Å²) < 4.78 is 33.7. The zero-order chi connectivity index (χ0) is 30.0. The third-order valence-electron chi connectivity index (χ3n) is 5.69. The molecule has 218 valence electrons. The van der Waals surface area contributed by atoms with Crippen LogP contribution in [0, 0.1) is 0 Å². The molecule has 3 aromatic rings. The average Bonchev–Trinajstić information content (AvgIpc) is 2.91. The van der Waals surface area contributed by atoms with Crippen LogP contribution in [-0.4, -0.2) is 51.4 Å². The molecule has 0 aliphatic heterocycles. The maximum atomic E-state index is 13.7. The Kier molecular flexibility index (Phi) is 10.9. The number of amides is 2. The van der Waals surface area contributed by atoms with E-state index in [9.17, 15) is 22.8 Å². The molecule has 0 bridgehead atoms. The summed E-state index contributed by atoms with van der Waals surface area (Å²) in [5.41, 5.74) is 0.531. The van der Waals surface area contributed by atoms with E-state index in [0.29, 0.717) is 13.0 Å². The van der Waals surface area contributed by atoms with Gasteiger partial charge in [-0.2, -0.15) is 0 Å². The van der Waals surface area contributed by atoms with Gasteiger partial charge in [-0.1, -0.05) is 54.1 Å². The van der Waals surface area contributed by atoms with Crippen LogP contribution in [0.2, 0.25) is 5.02 Å². The minimum absolute atomic E-state index is 0.0664. The van der Waals surface area contributed by atoms with Gasteiger partial charge in [0, 0.05) is 30.1 Å². The number of hydrogen-bond donors (Lipinski definition) is 2. The molecule has 0 aliphatic carbocycles. The van der Waals surface area contributed by atoms with E-state index in [2.05, 4.69) is 10.6 Å². The SMILES string of the molecule is CC(C)(C)OC(=O)CN(c1cccc(Cl)c1)S(=O)(=O)c1cccc(C(=O)NCCC(=O)NCCc2ccccc2)c1. The standard InChI is InChI=1S/C30H34ClN3O6S/c1-30(2,3)40-28(36)21-34(25-13-8-12-24(31)20-25)41(38,39)26-14-7-11-23(19-26)29(37)33-18-16-27(35)32-17-15-22-9-5-4-6-10-22/h4-14,19-20H,15-18,21H2,1-3H3,(H,32,35)(H,33,37). The normalized spacial score (nSPS) is 11.4. The molecule has 3 rings (SSSR count). The molecule has 0 radical (unpaired) electrons. The third-order valence-corrected chi connectivity index (χ3v) is 7.69. The first-order valence-electron chi connectivity index (χ1n) is 13.0. The van der Waals surface area contributed by atoms with Gasteiger partial charge in [0.05, 0.1) is 10.6 Å². The summed E-state index contributed by atoms with van der Waals surface area (Å²) in [5.74, 6) is -1.51. The number of ether oxygens (including phenoxy) is 1. The first kappa shape index (κ1) is 31.6. The number of halogens is 1. The number of benzene rings is 3. The van der Waals surface area contributed by atoms with E-state index >= 15 is 0 Å². The van der Waals surface area contributed by atoms with Gasteiger partial charge in [-0.15, -0.1) is 0 Å². The van der Waals surface area contributed by atoms with Crippen LogP contribution in [0.3, 0.4) is 0 Å². The second-order valence-corrected chi connectivity index (χ2v) is 12.5. The molecule has 3 aromatic carbocycles. The lowest BCUT2D eigenvalue weighted by Gasteiger charge is -2.26. The topological polar surface area (TPSA) is 122 Å². The Labute approximate surface area is 245 Å². The van der Waals surface area contributed by atoms with Crippen molar-refractivity contribution >= 4 is 45.1 Å². The van der Waals surface area contributed by atoms with Gasteiger partial charge in [-0.25, -0.2) is 8.42 Å². The molecule has 2 amide bonds. The van der Waals surface area contributed by atoms with E-state index in [4.69, 9.17) is 16.3 Å². The minimum atomic E-state index is -4.31. The number of nitrogens with zero attached hydrogens (tertiary/aromatic N) is 1. The van der Waals surface area contributed by atoms with E-state index < -0.39 is 34.0 Å². The van der Waals surface area contributed by atoms with Crippen molar-refractivity contribution in [1.82, 2.24) is 10.6 Å². The van der Waals surface area contributed by atoms with Crippen LogP contribution in [0.15, 0.2) is 83.8 Å². The summed E-state index contributed by atoms with van der Waals surface area (Å²) >= 11 is 6.10. The lowest BCUT2D eigenvalue weighted by atomic mass is 10.1. The summed E-state index contributed by atoms with van der Waals surface area (Å²) in [4.78, 5) is 37.4. The number of nitrogens with one attached hydrogen (secondary N) is 2. The number of carbonyl (C=O) groups excluding carboxylic acids is 3. The molecule has 0 atom stereocenters. The van der Waals surface area contributed by atoms with Crippen LogP contribution in [0.1, 0.15) is 43.1 Å². The molecule has 9 nitrogen and oxygen atoms in total. The molecule has 41 heavy (non-hydrogen) atoms. The molecule has 0 unspecified atom stereocenters. The van der Waals surface area contributed by atoms with E-state index in [1.807, 2.05) is 30.3 Å². The second-order valence-electron chi connectivity index (χ2n) is 10.2. The quantitative estimate of drug-likeness (QED) is 0.298. The number of esters is 1. The first-order valence-corrected chi connectivity index (χ1v) is 14.9. The Bertz CT molecular complexity index is 1470. The maximum Gasteiger partial charge on any atom is 0.327 e. The van der Waals surface area contributed by atoms with Crippen LogP contribution in [0.25, 0.3) is 0 Å². The van der Waals surface area contributed by atoms with Crippen molar-refractivity contribution in [2.75, 3.05) is 23.9 Å². The van der Waals surface area contributed by atoms with Gasteiger partial charge in [-0.3, -0.25) is 18.7 Å². The van der Waals surface area contributed by atoms with Gasteiger partial charge < -0.3 is 15.4 Å². The number of hydrogen-bond acceptors (Lipinski definition) is 6. The van der Waals surface area contributed by atoms with Crippen molar-refractivity contribution in [1.29, 1.82) is 0 Å². The molecule has 2 N–H and O–H groups in total. The van der Waals surface area contributed by atoms with E-state index in [0.717, 1.165) is 9.87 Å². The number of sulfonamides is 1. The van der Waals surface area contributed by atoms with Gasteiger partial charge in [0.15, 0.2) is 0 Å². The maximum absolute atomic E-state index is 13.7. The zero-order valence-corrected chi connectivity index (χ0v) is 24.8. The van der Waals surface area contributed by atoms with Crippen LogP contribution >= 0.6 is 11.6 Å². The molecular formula is C30H34ClN3O6S. The highest BCUT2D eigenvalue weighted by atomic mass is 35.5. The first-order chi connectivity index (χ1) is 19.3. The summed E-state index contributed by atoms with van der Waals surface area (Å²) in [6.07, 6.45) is 0.761. The summed E-state index contributed by atoms with van der Waals surface area (Å²) in [5, 5.41) is 5.74. The smallest absolute Gasteiger partial charge is 0.327 e. The zero-order valence-electron chi connectivity index (χ0n) is 23.2. The molecule has 0 heterocycles. The average molecular weight is 600 g/mol. The highest BCUT2D eigenvalue weighted by Gasteiger charge is 2.30. The summed E-state index contributed by atoms with van der Waals surface area (Å²) in [7, 11) is -4.31. The van der Waals surface area contributed by atoms with E-state index in [-0.39, 0.29) is 40.0 Å². The van der Waals surface area contributed by atoms with Crippen molar-refractivity contribution in [2.45, 2.75) is 44.1 Å². The minimum Gasteiger partial charge on any atom is -0.459 e. The van der Waals surface area contributed by atoms with Gasteiger partial charge >= 0.3 is 5.97 Å². The van der Waals surface area contributed by atoms with Gasteiger partial charge in [-0.05, 0) is 69.2 Å². The fourth-order valence-electron chi connectivity index (χ4n) is 3.83. The largest absolute Gasteiger partial charge is 0.459 e. The van der Waals surface area contributed by atoms with Crippen LogP contribution < -0.4 is 14.9 Å². The van der Waals surface area contributed by atoms with Crippen molar-refractivity contribution in [3.63, 3.8) is 0 Å². The van der Waals surface area contributed by atoms with Crippen molar-refractivity contribution in [2.24, 2.45) is 0 Å². The predicted octanol–water partition coefficient (Wildman–Crippen LogP) is 4.36. The number of rotatable bonds is 12. The summed E-state index contributed by atoms with van der Waals surface area (Å²) in [6, 6.07) is 21.3. The molecule has 0 fully saturated rings. The fourth-order valence-corrected chi connectivity index (χ4v) is 5.47. The Morgan fingerprint density at radius 1 is 0.878 bits per heavy atom. The Morgan fingerprint density at radius 3 is 2.27 bits per heavy atom.